The lowest BCUT2D eigenvalue weighted by molar-refractivity contribution is 0.0526. The van der Waals surface area contributed by atoms with Crippen LogP contribution in [0.15, 0.2) is 48.5 Å². The van der Waals surface area contributed by atoms with E-state index in [0.717, 1.165) is 17.0 Å². The van der Waals surface area contributed by atoms with Gasteiger partial charge in [-0.1, -0.05) is 24.3 Å². The van der Waals surface area contributed by atoms with E-state index >= 15 is 0 Å². The number of ether oxygens (including phenoxy) is 2. The average Bonchev–Trinajstić information content (AvgIpc) is 2.63. The van der Waals surface area contributed by atoms with Crippen LogP contribution in [0.25, 0.3) is 0 Å². The summed E-state index contributed by atoms with van der Waals surface area (Å²) in [6.45, 7) is 6.53. The molecule has 0 radical (unpaired) electrons. The van der Waals surface area contributed by atoms with E-state index < -0.39 is 0 Å². The van der Waals surface area contributed by atoms with Gasteiger partial charge in [0.1, 0.15) is 12.4 Å². The molecule has 6 heteroatoms. The van der Waals surface area contributed by atoms with Crippen molar-refractivity contribution in [3.8, 4) is 5.75 Å². The molecular formula is C20H24N2O3S. The predicted octanol–water partition coefficient (Wildman–Crippen LogP) is 3.93. The van der Waals surface area contributed by atoms with Gasteiger partial charge in [0.2, 0.25) is 0 Å². The second-order valence-electron chi connectivity index (χ2n) is 5.87. The van der Waals surface area contributed by atoms with Crippen molar-refractivity contribution < 1.29 is 14.3 Å². The van der Waals surface area contributed by atoms with Crippen molar-refractivity contribution in [1.82, 2.24) is 5.32 Å². The van der Waals surface area contributed by atoms with Gasteiger partial charge in [-0.15, -0.1) is 0 Å². The predicted molar refractivity (Wildman–Crippen MR) is 108 cm³/mol. The molecule has 2 N–H and O–H groups in total. The number of aryl methyl sites for hydroxylation is 1. The molecule has 0 amide bonds. The van der Waals surface area contributed by atoms with Crippen molar-refractivity contribution in [2.45, 2.75) is 26.8 Å². The van der Waals surface area contributed by atoms with Crippen molar-refractivity contribution in [2.24, 2.45) is 0 Å². The Morgan fingerprint density at radius 1 is 1.19 bits per heavy atom. The summed E-state index contributed by atoms with van der Waals surface area (Å²) >= 11 is 5.37. The molecule has 5 nitrogen and oxygen atoms in total. The zero-order valence-corrected chi connectivity index (χ0v) is 16.1. The Kier molecular flexibility index (Phi) is 7.41. The molecule has 2 aromatic rings. The lowest BCUT2D eigenvalue weighted by atomic mass is 10.1. The van der Waals surface area contributed by atoms with E-state index in [9.17, 15) is 4.79 Å². The zero-order chi connectivity index (χ0) is 18.9. The first kappa shape index (κ1) is 19.7. The van der Waals surface area contributed by atoms with Crippen LogP contribution in [-0.4, -0.2) is 30.3 Å². The highest BCUT2D eigenvalue weighted by Gasteiger charge is 2.11. The second kappa shape index (κ2) is 9.77. The van der Waals surface area contributed by atoms with Gasteiger partial charge in [0.05, 0.1) is 18.2 Å². The summed E-state index contributed by atoms with van der Waals surface area (Å²) in [6.07, 6.45) is 0. The molecule has 0 aromatic heterocycles. The SMILES string of the molecule is CCOC(=O)c1ccc(C)c(NC(=S)NC(C)COc2ccccc2)c1. The van der Waals surface area contributed by atoms with Gasteiger partial charge in [-0.2, -0.15) is 0 Å². The largest absolute Gasteiger partial charge is 0.491 e. The molecule has 2 rings (SSSR count). The molecule has 138 valence electrons. The van der Waals surface area contributed by atoms with Gasteiger partial charge in [0, 0.05) is 5.69 Å². The van der Waals surface area contributed by atoms with E-state index in [1.165, 1.54) is 0 Å². The van der Waals surface area contributed by atoms with Gasteiger partial charge in [-0.25, -0.2) is 4.79 Å². The number of carbonyl (C=O) groups is 1. The number of hydrogen-bond donors (Lipinski definition) is 2. The third-order valence-electron chi connectivity index (χ3n) is 3.62. The number of hydrogen-bond acceptors (Lipinski definition) is 4. The molecule has 0 aliphatic carbocycles. The lowest BCUT2D eigenvalue weighted by Gasteiger charge is -2.18. The number of rotatable bonds is 7. The average molecular weight is 372 g/mol. The standard InChI is InChI=1S/C20H24N2O3S/c1-4-24-19(23)16-11-10-14(2)18(12-16)22-20(26)21-15(3)13-25-17-8-6-5-7-9-17/h5-12,15H,4,13H2,1-3H3,(H2,21,22,26). The first-order valence-electron chi connectivity index (χ1n) is 8.52. The van der Waals surface area contributed by atoms with E-state index in [1.807, 2.05) is 50.2 Å². The van der Waals surface area contributed by atoms with Crippen molar-refractivity contribution in [3.05, 3.63) is 59.7 Å². The monoisotopic (exact) mass is 372 g/mol. The maximum Gasteiger partial charge on any atom is 0.338 e. The van der Waals surface area contributed by atoms with Crippen molar-refractivity contribution in [1.29, 1.82) is 0 Å². The van der Waals surface area contributed by atoms with E-state index in [1.54, 1.807) is 19.1 Å². The summed E-state index contributed by atoms with van der Waals surface area (Å²) in [6, 6.07) is 15.0. The van der Waals surface area contributed by atoms with Gasteiger partial charge in [0.15, 0.2) is 5.11 Å². The molecular weight excluding hydrogens is 348 g/mol. The number of nitrogens with one attached hydrogen (secondary N) is 2. The van der Waals surface area contributed by atoms with Crippen LogP contribution in [0, 0.1) is 6.92 Å². The maximum absolute atomic E-state index is 11.9. The highest BCUT2D eigenvalue weighted by atomic mass is 32.1. The molecule has 0 saturated carbocycles. The Labute approximate surface area is 159 Å². The first-order valence-corrected chi connectivity index (χ1v) is 8.93. The quantitative estimate of drug-likeness (QED) is 0.567. The fraction of sp³-hybridized carbons (Fsp3) is 0.300. The summed E-state index contributed by atoms with van der Waals surface area (Å²) in [5.41, 5.74) is 2.24. The smallest absolute Gasteiger partial charge is 0.338 e. The molecule has 0 spiro atoms. The molecule has 0 saturated heterocycles. The Bertz CT molecular complexity index is 750. The van der Waals surface area contributed by atoms with Gasteiger partial charge in [-0.05, 0) is 62.8 Å². The fourth-order valence-corrected chi connectivity index (χ4v) is 2.57. The van der Waals surface area contributed by atoms with Crippen molar-refractivity contribution in [3.63, 3.8) is 0 Å². The van der Waals surface area contributed by atoms with Crippen LogP contribution in [-0.2, 0) is 4.74 Å². The fourth-order valence-electron chi connectivity index (χ4n) is 2.26. The normalized spacial score (nSPS) is 11.3. The number of anilines is 1. The molecule has 0 aliphatic heterocycles. The molecule has 26 heavy (non-hydrogen) atoms. The maximum atomic E-state index is 11.9. The van der Waals surface area contributed by atoms with Crippen LogP contribution in [0.2, 0.25) is 0 Å². The summed E-state index contributed by atoms with van der Waals surface area (Å²) < 4.78 is 10.7. The molecule has 0 fully saturated rings. The topological polar surface area (TPSA) is 59.6 Å². The van der Waals surface area contributed by atoms with E-state index in [-0.39, 0.29) is 12.0 Å². The number of para-hydroxylation sites is 1. The Morgan fingerprint density at radius 2 is 1.92 bits per heavy atom. The van der Waals surface area contributed by atoms with Crippen LogP contribution in [0.4, 0.5) is 5.69 Å². The Morgan fingerprint density at radius 3 is 2.62 bits per heavy atom. The van der Waals surface area contributed by atoms with Crippen LogP contribution in [0.3, 0.4) is 0 Å². The Balaban J connectivity index is 1.90. The van der Waals surface area contributed by atoms with Crippen molar-refractivity contribution in [2.75, 3.05) is 18.5 Å². The van der Waals surface area contributed by atoms with E-state index in [0.29, 0.717) is 23.9 Å². The highest BCUT2D eigenvalue weighted by Crippen LogP contribution is 2.18. The van der Waals surface area contributed by atoms with E-state index in [4.69, 9.17) is 21.7 Å². The van der Waals surface area contributed by atoms with Gasteiger partial charge >= 0.3 is 5.97 Å². The Hall–Kier alpha value is -2.60. The minimum Gasteiger partial charge on any atom is -0.491 e. The number of carbonyl (C=O) groups excluding carboxylic acids is 1. The second-order valence-corrected chi connectivity index (χ2v) is 6.28. The van der Waals surface area contributed by atoms with Crippen LogP contribution in [0.1, 0.15) is 29.8 Å². The summed E-state index contributed by atoms with van der Waals surface area (Å²) in [7, 11) is 0. The third kappa shape index (κ3) is 6.04. The van der Waals surface area contributed by atoms with Crippen LogP contribution >= 0.6 is 12.2 Å². The number of esters is 1. The molecule has 0 aliphatic rings. The summed E-state index contributed by atoms with van der Waals surface area (Å²) in [5.74, 6) is 0.470. The molecule has 2 aromatic carbocycles. The van der Waals surface area contributed by atoms with Gasteiger partial charge < -0.3 is 20.1 Å². The number of thiocarbonyl (C=S) groups is 1. The van der Waals surface area contributed by atoms with Crippen LogP contribution < -0.4 is 15.4 Å². The van der Waals surface area contributed by atoms with Gasteiger partial charge in [-0.3, -0.25) is 0 Å². The summed E-state index contributed by atoms with van der Waals surface area (Å²) in [4.78, 5) is 11.9. The molecule has 0 bridgehead atoms. The third-order valence-corrected chi connectivity index (χ3v) is 3.84. The zero-order valence-electron chi connectivity index (χ0n) is 15.2. The minimum atomic E-state index is -0.348. The van der Waals surface area contributed by atoms with Crippen molar-refractivity contribution >= 4 is 29.0 Å². The first-order chi connectivity index (χ1) is 12.5. The molecule has 1 unspecified atom stereocenters. The van der Waals surface area contributed by atoms with E-state index in [2.05, 4.69) is 10.6 Å². The minimum absolute atomic E-state index is 0.0174. The number of benzene rings is 2. The van der Waals surface area contributed by atoms with Gasteiger partial charge in [0.25, 0.3) is 0 Å². The van der Waals surface area contributed by atoms with Crippen LogP contribution in [0.5, 0.6) is 5.75 Å². The lowest BCUT2D eigenvalue weighted by Crippen LogP contribution is -2.39. The highest BCUT2D eigenvalue weighted by molar-refractivity contribution is 7.80. The molecule has 1 atom stereocenters. The molecule has 0 heterocycles. The summed E-state index contributed by atoms with van der Waals surface area (Å²) in [5, 5.41) is 6.78.